The van der Waals surface area contributed by atoms with Crippen molar-refractivity contribution in [3.8, 4) is 0 Å². The van der Waals surface area contributed by atoms with Gasteiger partial charge >= 0.3 is 11.8 Å². The van der Waals surface area contributed by atoms with E-state index in [9.17, 15) is 14.4 Å². The summed E-state index contributed by atoms with van der Waals surface area (Å²) in [6.45, 7) is 8.03. The molecule has 0 saturated carbocycles. The van der Waals surface area contributed by atoms with Crippen LogP contribution in [0.2, 0.25) is 0 Å². The summed E-state index contributed by atoms with van der Waals surface area (Å²) in [4.78, 5) is 38.2. The molecule has 0 aliphatic carbocycles. The second-order valence-electron chi connectivity index (χ2n) is 7.32. The van der Waals surface area contributed by atoms with Crippen LogP contribution in [-0.4, -0.2) is 48.3 Å². The van der Waals surface area contributed by atoms with Crippen LogP contribution in [0.25, 0.3) is 0 Å². The third kappa shape index (κ3) is 6.67. The van der Waals surface area contributed by atoms with E-state index in [1.165, 1.54) is 19.3 Å². The lowest BCUT2D eigenvalue weighted by Crippen LogP contribution is -2.44. The highest BCUT2D eigenvalue weighted by molar-refractivity contribution is 6.39. The second-order valence-corrected chi connectivity index (χ2v) is 7.32. The predicted octanol–water partition coefficient (Wildman–Crippen LogP) is 2.21. The Morgan fingerprint density at radius 2 is 1.81 bits per heavy atom. The number of nitrogens with one attached hydrogen (secondary N) is 3. The van der Waals surface area contributed by atoms with Crippen LogP contribution in [0.4, 0.5) is 11.4 Å². The molecule has 1 fully saturated rings. The van der Waals surface area contributed by atoms with E-state index in [0.717, 1.165) is 13.1 Å². The van der Waals surface area contributed by atoms with Gasteiger partial charge in [0.25, 0.3) is 0 Å². The molecule has 0 aromatic heterocycles. The van der Waals surface area contributed by atoms with Crippen molar-refractivity contribution in [1.82, 2.24) is 10.2 Å². The molecule has 1 aliphatic heterocycles. The Hall–Kier alpha value is -2.41. The molecule has 148 valence electrons. The van der Waals surface area contributed by atoms with Gasteiger partial charge in [0.1, 0.15) is 0 Å². The van der Waals surface area contributed by atoms with E-state index in [4.69, 9.17) is 0 Å². The maximum Gasteiger partial charge on any atom is 0.313 e. The molecule has 7 nitrogen and oxygen atoms in total. The first-order chi connectivity index (χ1) is 12.9. The highest BCUT2D eigenvalue weighted by Gasteiger charge is 2.19. The highest BCUT2D eigenvalue weighted by atomic mass is 16.2. The van der Waals surface area contributed by atoms with Crippen LogP contribution in [0, 0.1) is 5.92 Å². The van der Waals surface area contributed by atoms with Crippen LogP contribution in [0.5, 0.6) is 0 Å². The Balaban J connectivity index is 1.80. The standard InChI is InChI=1S/C20H30N4O3/c1-14(2)18(25)22-16-8-6-9-17(13-16)23-20(27)19(26)21-10-12-24-11-5-4-7-15(24)3/h6,8-9,13-15H,4-5,7,10-12H2,1-3H3,(H,21,26)(H,22,25)(H,23,27). The first-order valence-corrected chi connectivity index (χ1v) is 9.61. The summed E-state index contributed by atoms with van der Waals surface area (Å²) in [6, 6.07) is 7.26. The SMILES string of the molecule is CC(C)C(=O)Nc1cccc(NC(=O)C(=O)NCCN2CCCCC2C)c1. The average Bonchev–Trinajstić information content (AvgIpc) is 2.63. The number of piperidine rings is 1. The van der Waals surface area contributed by atoms with Crippen molar-refractivity contribution in [3.63, 3.8) is 0 Å². The molecular formula is C20H30N4O3. The van der Waals surface area contributed by atoms with E-state index in [2.05, 4.69) is 27.8 Å². The Morgan fingerprint density at radius 1 is 1.11 bits per heavy atom. The molecule has 3 amide bonds. The summed E-state index contributed by atoms with van der Waals surface area (Å²) in [5, 5.41) is 8.00. The van der Waals surface area contributed by atoms with Crippen molar-refractivity contribution in [2.24, 2.45) is 5.92 Å². The van der Waals surface area contributed by atoms with Crippen molar-refractivity contribution in [2.45, 2.75) is 46.1 Å². The number of amides is 3. The second kappa shape index (κ2) is 10.1. The van der Waals surface area contributed by atoms with Gasteiger partial charge in [-0.3, -0.25) is 19.3 Å². The fourth-order valence-corrected chi connectivity index (χ4v) is 3.03. The molecule has 27 heavy (non-hydrogen) atoms. The first-order valence-electron chi connectivity index (χ1n) is 9.61. The van der Waals surface area contributed by atoms with E-state index in [1.54, 1.807) is 38.1 Å². The number of benzene rings is 1. The minimum absolute atomic E-state index is 0.108. The molecule has 2 rings (SSSR count). The lowest BCUT2D eigenvalue weighted by Gasteiger charge is -2.33. The molecule has 1 unspecified atom stereocenters. The van der Waals surface area contributed by atoms with Gasteiger partial charge in [-0.25, -0.2) is 0 Å². The van der Waals surface area contributed by atoms with E-state index < -0.39 is 11.8 Å². The summed E-state index contributed by atoms with van der Waals surface area (Å²) >= 11 is 0. The Bertz CT molecular complexity index is 675. The Labute approximate surface area is 160 Å². The fourth-order valence-electron chi connectivity index (χ4n) is 3.03. The average molecular weight is 374 g/mol. The molecule has 3 N–H and O–H groups in total. The molecule has 0 bridgehead atoms. The van der Waals surface area contributed by atoms with Crippen LogP contribution in [0.3, 0.4) is 0 Å². The number of hydrogen-bond donors (Lipinski definition) is 3. The maximum atomic E-state index is 12.1. The van der Waals surface area contributed by atoms with E-state index in [1.807, 2.05) is 0 Å². The smallest absolute Gasteiger partial charge is 0.313 e. The third-order valence-corrected chi connectivity index (χ3v) is 4.74. The van der Waals surface area contributed by atoms with E-state index in [-0.39, 0.29) is 11.8 Å². The van der Waals surface area contributed by atoms with Gasteiger partial charge < -0.3 is 16.0 Å². The van der Waals surface area contributed by atoms with Crippen LogP contribution >= 0.6 is 0 Å². The van der Waals surface area contributed by atoms with Crippen molar-refractivity contribution in [1.29, 1.82) is 0 Å². The minimum Gasteiger partial charge on any atom is -0.347 e. The molecule has 1 aromatic carbocycles. The van der Waals surface area contributed by atoms with Crippen molar-refractivity contribution in [2.75, 3.05) is 30.3 Å². The lowest BCUT2D eigenvalue weighted by atomic mass is 10.0. The minimum atomic E-state index is -0.714. The zero-order chi connectivity index (χ0) is 19.8. The van der Waals surface area contributed by atoms with Gasteiger partial charge in [-0.05, 0) is 44.5 Å². The fraction of sp³-hybridized carbons (Fsp3) is 0.550. The first kappa shape index (κ1) is 20.9. The molecule has 0 radical (unpaired) electrons. The number of carbonyl (C=O) groups excluding carboxylic acids is 3. The molecule has 1 aliphatic rings. The van der Waals surface area contributed by atoms with Gasteiger partial charge in [-0.2, -0.15) is 0 Å². The van der Waals surface area contributed by atoms with E-state index in [0.29, 0.717) is 24.0 Å². The monoisotopic (exact) mass is 374 g/mol. The largest absolute Gasteiger partial charge is 0.347 e. The quantitative estimate of drug-likeness (QED) is 0.666. The van der Waals surface area contributed by atoms with Crippen LogP contribution in [0.15, 0.2) is 24.3 Å². The summed E-state index contributed by atoms with van der Waals surface area (Å²) < 4.78 is 0. The summed E-state index contributed by atoms with van der Waals surface area (Å²) in [5.41, 5.74) is 1.03. The van der Waals surface area contributed by atoms with Gasteiger partial charge in [-0.1, -0.05) is 26.3 Å². The molecular weight excluding hydrogens is 344 g/mol. The predicted molar refractivity (Wildman–Crippen MR) is 106 cm³/mol. The topological polar surface area (TPSA) is 90.5 Å². The van der Waals surface area contributed by atoms with Crippen molar-refractivity contribution in [3.05, 3.63) is 24.3 Å². The molecule has 1 aromatic rings. The van der Waals surface area contributed by atoms with Gasteiger partial charge in [0.2, 0.25) is 5.91 Å². The van der Waals surface area contributed by atoms with E-state index >= 15 is 0 Å². The third-order valence-electron chi connectivity index (χ3n) is 4.74. The van der Waals surface area contributed by atoms with Gasteiger partial charge in [-0.15, -0.1) is 0 Å². The maximum absolute atomic E-state index is 12.1. The van der Waals surface area contributed by atoms with Gasteiger partial charge in [0.15, 0.2) is 0 Å². The van der Waals surface area contributed by atoms with Crippen LogP contribution < -0.4 is 16.0 Å². The normalized spacial score (nSPS) is 17.4. The number of likely N-dealkylation sites (tertiary alicyclic amines) is 1. The Morgan fingerprint density at radius 3 is 2.48 bits per heavy atom. The summed E-state index contributed by atoms with van der Waals surface area (Å²) in [5.74, 6) is -1.62. The van der Waals surface area contributed by atoms with Gasteiger partial charge in [0, 0.05) is 36.4 Å². The summed E-state index contributed by atoms with van der Waals surface area (Å²) in [6.07, 6.45) is 3.61. The number of nitrogens with zero attached hydrogens (tertiary/aromatic N) is 1. The highest BCUT2D eigenvalue weighted by Crippen LogP contribution is 2.16. The number of rotatable bonds is 6. The molecule has 0 spiro atoms. The van der Waals surface area contributed by atoms with Crippen LogP contribution in [-0.2, 0) is 14.4 Å². The zero-order valence-electron chi connectivity index (χ0n) is 16.4. The zero-order valence-corrected chi connectivity index (χ0v) is 16.4. The van der Waals surface area contributed by atoms with Crippen LogP contribution in [0.1, 0.15) is 40.0 Å². The summed E-state index contributed by atoms with van der Waals surface area (Å²) in [7, 11) is 0. The Kier molecular flexibility index (Phi) is 7.79. The molecule has 1 saturated heterocycles. The number of carbonyl (C=O) groups is 3. The van der Waals surface area contributed by atoms with Gasteiger partial charge in [0.05, 0.1) is 0 Å². The van der Waals surface area contributed by atoms with Crippen molar-refractivity contribution < 1.29 is 14.4 Å². The number of hydrogen-bond acceptors (Lipinski definition) is 4. The number of anilines is 2. The molecule has 7 heteroatoms. The lowest BCUT2D eigenvalue weighted by molar-refractivity contribution is -0.136. The molecule has 1 atom stereocenters. The molecule has 1 heterocycles. The van der Waals surface area contributed by atoms with Crippen molar-refractivity contribution >= 4 is 29.1 Å².